The Morgan fingerprint density at radius 2 is 1.88 bits per heavy atom. The first-order valence-electron chi connectivity index (χ1n) is 10.8. The molecule has 0 aliphatic carbocycles. The zero-order chi connectivity index (χ0) is 22.8. The molecule has 0 saturated carbocycles. The van der Waals surface area contributed by atoms with E-state index in [1.54, 1.807) is 7.11 Å². The Morgan fingerprint density at radius 1 is 1.09 bits per heavy atom. The van der Waals surface area contributed by atoms with Crippen molar-refractivity contribution in [3.05, 3.63) is 64.9 Å². The number of rotatable bonds is 5. The lowest BCUT2D eigenvalue weighted by atomic mass is 10.2. The van der Waals surface area contributed by atoms with Crippen LogP contribution >= 0.6 is 11.6 Å². The van der Waals surface area contributed by atoms with Crippen molar-refractivity contribution in [2.24, 2.45) is 0 Å². The molecule has 0 radical (unpaired) electrons. The van der Waals surface area contributed by atoms with Crippen LogP contribution in [-0.2, 0) is 17.9 Å². The van der Waals surface area contributed by atoms with Crippen LogP contribution in [0.5, 0.6) is 0 Å². The fraction of sp³-hybridized carbons (Fsp3) is 0.304. The smallest absolute Gasteiger partial charge is 0.317 e. The van der Waals surface area contributed by atoms with Crippen LogP contribution in [-0.4, -0.2) is 63.8 Å². The van der Waals surface area contributed by atoms with Gasteiger partial charge in [-0.05, 0) is 23.8 Å². The molecule has 9 nitrogen and oxygen atoms in total. The Bertz CT molecular complexity index is 1290. The maximum atomic E-state index is 12.7. The molecular formula is C23H24ClN7O2. The highest BCUT2D eigenvalue weighted by molar-refractivity contribution is 6.31. The van der Waals surface area contributed by atoms with Crippen molar-refractivity contribution in [2.75, 3.05) is 38.2 Å². The topological polar surface area (TPSA) is 87.9 Å². The van der Waals surface area contributed by atoms with E-state index in [0.717, 1.165) is 22.4 Å². The van der Waals surface area contributed by atoms with E-state index in [-0.39, 0.29) is 6.03 Å². The molecule has 4 aromatic rings. The summed E-state index contributed by atoms with van der Waals surface area (Å²) >= 11 is 6.22. The van der Waals surface area contributed by atoms with Crippen molar-refractivity contribution in [3.63, 3.8) is 0 Å². The summed E-state index contributed by atoms with van der Waals surface area (Å²) in [5.74, 6) is 1.40. The molecule has 0 atom stereocenters. The van der Waals surface area contributed by atoms with Gasteiger partial charge in [-0.2, -0.15) is 0 Å². The summed E-state index contributed by atoms with van der Waals surface area (Å²) in [7, 11) is 1.63. The van der Waals surface area contributed by atoms with E-state index in [0.29, 0.717) is 55.8 Å². The number of hydrogen-bond acceptors (Lipinski definition) is 6. The zero-order valence-electron chi connectivity index (χ0n) is 18.2. The van der Waals surface area contributed by atoms with E-state index in [4.69, 9.17) is 21.3 Å². The van der Waals surface area contributed by atoms with Crippen LogP contribution in [0, 0.1) is 0 Å². The Balaban J connectivity index is 1.37. The molecule has 3 heterocycles. The summed E-state index contributed by atoms with van der Waals surface area (Å²) in [6, 6.07) is 15.4. The number of methoxy groups -OCH3 is 1. The molecule has 5 rings (SSSR count). The molecular weight excluding hydrogens is 442 g/mol. The fourth-order valence-electron chi connectivity index (χ4n) is 4.07. The maximum absolute atomic E-state index is 12.7. The molecule has 1 aliphatic rings. The van der Waals surface area contributed by atoms with E-state index in [2.05, 4.69) is 20.4 Å². The monoisotopic (exact) mass is 465 g/mol. The number of benzene rings is 2. The Morgan fingerprint density at radius 3 is 2.64 bits per heavy atom. The third kappa shape index (κ3) is 4.29. The molecule has 2 aromatic carbocycles. The second-order valence-electron chi connectivity index (χ2n) is 7.90. The number of nitrogens with one attached hydrogen (secondary N) is 1. The summed E-state index contributed by atoms with van der Waals surface area (Å²) < 4.78 is 7.26. The van der Waals surface area contributed by atoms with Gasteiger partial charge in [0.15, 0.2) is 11.5 Å². The lowest BCUT2D eigenvalue weighted by Crippen LogP contribution is -2.52. The van der Waals surface area contributed by atoms with Crippen molar-refractivity contribution >= 4 is 40.1 Å². The van der Waals surface area contributed by atoms with Gasteiger partial charge in [-0.15, -0.1) is 10.2 Å². The molecule has 1 saturated heterocycles. The summed E-state index contributed by atoms with van der Waals surface area (Å²) in [6.45, 7) is 3.26. The van der Waals surface area contributed by atoms with Gasteiger partial charge < -0.3 is 19.9 Å². The lowest BCUT2D eigenvalue weighted by Gasteiger charge is -2.35. The van der Waals surface area contributed by atoms with Crippen molar-refractivity contribution in [1.82, 2.24) is 29.8 Å². The van der Waals surface area contributed by atoms with E-state index < -0.39 is 0 Å². The van der Waals surface area contributed by atoms with Gasteiger partial charge >= 0.3 is 6.03 Å². The Kier molecular flexibility index (Phi) is 5.97. The number of aromatic nitrogens is 4. The summed E-state index contributed by atoms with van der Waals surface area (Å²) in [6.07, 6.45) is 0. The van der Waals surface area contributed by atoms with Gasteiger partial charge in [0.25, 0.3) is 0 Å². The first-order chi connectivity index (χ1) is 16.1. The predicted molar refractivity (Wildman–Crippen MR) is 126 cm³/mol. The van der Waals surface area contributed by atoms with Crippen LogP contribution in [0.15, 0.2) is 48.5 Å². The van der Waals surface area contributed by atoms with E-state index in [1.165, 1.54) is 0 Å². The number of urea groups is 1. The predicted octanol–water partition coefficient (Wildman–Crippen LogP) is 3.11. The minimum atomic E-state index is -0.0636. The molecule has 2 aromatic heterocycles. The highest BCUT2D eigenvalue weighted by atomic mass is 35.5. The number of hydrogen-bond donors (Lipinski definition) is 1. The van der Waals surface area contributed by atoms with Crippen LogP contribution in [0.4, 0.5) is 10.7 Å². The number of halogens is 1. The second kappa shape index (κ2) is 9.21. The number of amides is 2. The van der Waals surface area contributed by atoms with Gasteiger partial charge in [0.05, 0.1) is 5.52 Å². The molecule has 33 heavy (non-hydrogen) atoms. The third-order valence-corrected chi connectivity index (χ3v) is 6.00. The number of fused-ring (bicyclic) bond motifs is 3. The van der Waals surface area contributed by atoms with Gasteiger partial charge in [-0.3, -0.25) is 0 Å². The van der Waals surface area contributed by atoms with E-state index in [1.807, 2.05) is 57.8 Å². The molecule has 10 heteroatoms. The number of nitrogens with zero attached hydrogens (tertiary/aromatic N) is 6. The molecule has 1 N–H and O–H groups in total. The number of carbonyl (C=O) groups is 1. The average molecular weight is 466 g/mol. The van der Waals surface area contributed by atoms with Gasteiger partial charge in [0.1, 0.15) is 6.61 Å². The van der Waals surface area contributed by atoms with Crippen LogP contribution in [0.1, 0.15) is 11.4 Å². The van der Waals surface area contributed by atoms with Crippen molar-refractivity contribution in [3.8, 4) is 0 Å². The standard InChI is InChI=1S/C23H24ClN7O2/c1-33-15-20-27-28-21-18-8-7-17(24)13-19(18)26-22(31(20)21)29-9-11-30(12-10-29)23(32)25-14-16-5-3-2-4-6-16/h2-8,13H,9-12,14-15H2,1H3,(H,25,32). The van der Waals surface area contributed by atoms with Crippen LogP contribution in [0.25, 0.3) is 16.6 Å². The van der Waals surface area contributed by atoms with Gasteiger partial charge in [-0.25, -0.2) is 14.2 Å². The summed E-state index contributed by atoms with van der Waals surface area (Å²) in [5.41, 5.74) is 2.54. The normalized spacial score (nSPS) is 14.2. The SMILES string of the molecule is COCc1nnc2c3ccc(Cl)cc3nc(N3CCN(C(=O)NCc4ccccc4)CC3)n12. The van der Waals surface area contributed by atoms with E-state index >= 15 is 0 Å². The second-order valence-corrected chi connectivity index (χ2v) is 8.34. The molecule has 0 unspecified atom stereocenters. The number of anilines is 1. The highest BCUT2D eigenvalue weighted by Gasteiger charge is 2.25. The molecule has 170 valence electrons. The highest BCUT2D eigenvalue weighted by Crippen LogP contribution is 2.27. The molecule has 1 fully saturated rings. The molecule has 0 spiro atoms. The zero-order valence-corrected chi connectivity index (χ0v) is 19.0. The van der Waals surface area contributed by atoms with Crippen LogP contribution < -0.4 is 10.2 Å². The maximum Gasteiger partial charge on any atom is 0.317 e. The molecule has 1 aliphatic heterocycles. The lowest BCUT2D eigenvalue weighted by molar-refractivity contribution is 0.176. The minimum absolute atomic E-state index is 0.0636. The van der Waals surface area contributed by atoms with E-state index in [9.17, 15) is 4.79 Å². The van der Waals surface area contributed by atoms with Gasteiger partial charge in [0, 0.05) is 50.2 Å². The Labute approximate surface area is 195 Å². The average Bonchev–Trinajstić information content (AvgIpc) is 3.27. The van der Waals surface area contributed by atoms with Crippen LogP contribution in [0.2, 0.25) is 5.02 Å². The minimum Gasteiger partial charge on any atom is -0.377 e. The summed E-state index contributed by atoms with van der Waals surface area (Å²) in [4.78, 5) is 21.5. The van der Waals surface area contributed by atoms with Crippen molar-refractivity contribution < 1.29 is 9.53 Å². The number of piperazine rings is 1. The van der Waals surface area contributed by atoms with Crippen molar-refractivity contribution in [2.45, 2.75) is 13.2 Å². The van der Waals surface area contributed by atoms with Gasteiger partial charge in [-0.1, -0.05) is 41.9 Å². The first-order valence-corrected chi connectivity index (χ1v) is 11.2. The summed E-state index contributed by atoms with van der Waals surface area (Å²) in [5, 5.41) is 13.2. The number of carbonyl (C=O) groups excluding carboxylic acids is 1. The quantitative estimate of drug-likeness (QED) is 0.487. The Hall–Kier alpha value is -3.43. The number of ether oxygens (including phenoxy) is 1. The molecule has 2 amide bonds. The van der Waals surface area contributed by atoms with Gasteiger partial charge in [0.2, 0.25) is 5.95 Å². The molecule has 0 bridgehead atoms. The fourth-order valence-corrected chi connectivity index (χ4v) is 4.24. The van der Waals surface area contributed by atoms with Crippen molar-refractivity contribution in [1.29, 1.82) is 0 Å². The first kappa shape index (κ1) is 21.4. The van der Waals surface area contributed by atoms with Crippen LogP contribution in [0.3, 0.4) is 0 Å². The largest absolute Gasteiger partial charge is 0.377 e. The third-order valence-electron chi connectivity index (χ3n) is 5.76.